The summed E-state index contributed by atoms with van der Waals surface area (Å²) in [7, 11) is 0. The maximum Gasteiger partial charge on any atom is 0.231 e. The van der Waals surface area contributed by atoms with Crippen molar-refractivity contribution in [3.8, 4) is 11.5 Å². The fourth-order valence-electron chi connectivity index (χ4n) is 2.56. The van der Waals surface area contributed by atoms with Crippen molar-refractivity contribution in [2.24, 2.45) is 0 Å². The van der Waals surface area contributed by atoms with Crippen LogP contribution >= 0.6 is 15.9 Å². The van der Waals surface area contributed by atoms with E-state index in [0.717, 1.165) is 21.3 Å². The zero-order chi connectivity index (χ0) is 18.0. The highest BCUT2D eigenvalue weighted by Gasteiger charge is 2.30. The van der Waals surface area contributed by atoms with E-state index in [9.17, 15) is 4.79 Å². The number of carbonyl (C=O) groups is 1. The monoisotopic (exact) mass is 398 g/mol. The molecule has 0 amide bonds. The molecule has 0 fully saturated rings. The van der Waals surface area contributed by atoms with E-state index in [1.54, 1.807) is 12.1 Å². The van der Waals surface area contributed by atoms with Crippen molar-refractivity contribution in [1.29, 1.82) is 0 Å². The second-order valence-corrected chi connectivity index (χ2v) is 6.97. The van der Waals surface area contributed by atoms with Gasteiger partial charge in [0.2, 0.25) is 5.78 Å². The Bertz CT molecular complexity index is 890. The predicted molar refractivity (Wildman–Crippen MR) is 103 cm³/mol. The fraction of sp³-hybridized carbons (Fsp3) is 0.190. The molecule has 0 atom stereocenters. The van der Waals surface area contributed by atoms with Crippen molar-refractivity contribution in [1.82, 2.24) is 0 Å². The molecular weight excluding hydrogens is 380 g/mol. The molecule has 25 heavy (non-hydrogen) atoms. The second-order valence-electron chi connectivity index (χ2n) is 6.12. The lowest BCUT2D eigenvalue weighted by Gasteiger charge is -2.10. The molecule has 0 saturated carbocycles. The van der Waals surface area contributed by atoms with Gasteiger partial charge in [0.25, 0.3) is 0 Å². The van der Waals surface area contributed by atoms with Crippen LogP contribution in [0.2, 0.25) is 0 Å². The Morgan fingerprint density at radius 3 is 2.68 bits per heavy atom. The van der Waals surface area contributed by atoms with Gasteiger partial charge in [0, 0.05) is 10.0 Å². The summed E-state index contributed by atoms with van der Waals surface area (Å²) in [4.78, 5) is 12.6. The van der Waals surface area contributed by atoms with E-state index in [2.05, 4.69) is 15.9 Å². The van der Waals surface area contributed by atoms with Crippen molar-refractivity contribution in [2.75, 3.05) is 6.61 Å². The minimum Gasteiger partial charge on any atom is -0.489 e. The molecule has 0 aromatic heterocycles. The quantitative estimate of drug-likeness (QED) is 0.487. The van der Waals surface area contributed by atoms with Crippen molar-refractivity contribution < 1.29 is 14.3 Å². The molecule has 128 valence electrons. The Kier molecular flexibility index (Phi) is 5.09. The molecule has 3 nitrogen and oxygen atoms in total. The van der Waals surface area contributed by atoms with Crippen LogP contribution in [0.3, 0.4) is 0 Å². The summed E-state index contributed by atoms with van der Waals surface area (Å²) in [5.74, 6) is 1.53. The Hall–Kier alpha value is -2.33. The number of hydrogen-bond donors (Lipinski definition) is 0. The SMILES string of the molecule is CC(C)=CCOc1ccc2c(c1C)O/C(=C\c1ccccc1Br)C2=O. The van der Waals surface area contributed by atoms with Gasteiger partial charge in [-0.2, -0.15) is 0 Å². The zero-order valence-electron chi connectivity index (χ0n) is 14.4. The summed E-state index contributed by atoms with van der Waals surface area (Å²) in [6.45, 7) is 6.46. The molecule has 0 unspecified atom stereocenters. The van der Waals surface area contributed by atoms with E-state index in [4.69, 9.17) is 9.47 Å². The van der Waals surface area contributed by atoms with Gasteiger partial charge in [0.05, 0.1) is 5.56 Å². The standard InChI is InChI=1S/C21H19BrO3/c1-13(2)10-11-24-18-9-8-16-20(23)19(25-21(16)14(18)3)12-15-6-4-5-7-17(15)22/h4-10,12H,11H2,1-3H3/b19-12-. The summed E-state index contributed by atoms with van der Waals surface area (Å²) in [5, 5.41) is 0. The van der Waals surface area contributed by atoms with Crippen LogP contribution in [0.15, 0.2) is 58.3 Å². The molecule has 1 heterocycles. The first-order valence-electron chi connectivity index (χ1n) is 8.06. The molecule has 1 aliphatic rings. The van der Waals surface area contributed by atoms with Crippen LogP contribution < -0.4 is 9.47 Å². The lowest BCUT2D eigenvalue weighted by Crippen LogP contribution is -1.98. The smallest absolute Gasteiger partial charge is 0.231 e. The topological polar surface area (TPSA) is 35.5 Å². The number of hydrogen-bond acceptors (Lipinski definition) is 3. The van der Waals surface area contributed by atoms with Crippen LogP contribution in [0.1, 0.15) is 35.3 Å². The Balaban J connectivity index is 1.90. The number of allylic oxidation sites excluding steroid dienone is 2. The van der Waals surface area contributed by atoms with Gasteiger partial charge < -0.3 is 9.47 Å². The molecule has 0 radical (unpaired) electrons. The third-order valence-electron chi connectivity index (χ3n) is 3.96. The van der Waals surface area contributed by atoms with E-state index >= 15 is 0 Å². The largest absolute Gasteiger partial charge is 0.489 e. The average Bonchev–Trinajstić information content (AvgIpc) is 2.89. The van der Waals surface area contributed by atoms with Gasteiger partial charge in [-0.15, -0.1) is 0 Å². The van der Waals surface area contributed by atoms with Gasteiger partial charge in [-0.1, -0.05) is 39.7 Å². The molecule has 3 rings (SSSR count). The van der Waals surface area contributed by atoms with Gasteiger partial charge >= 0.3 is 0 Å². The van der Waals surface area contributed by atoms with Crippen molar-refractivity contribution in [2.45, 2.75) is 20.8 Å². The minimum absolute atomic E-state index is 0.107. The number of benzene rings is 2. The van der Waals surface area contributed by atoms with Crippen LogP contribution in [0, 0.1) is 6.92 Å². The molecular formula is C21H19BrO3. The third kappa shape index (κ3) is 3.69. The van der Waals surface area contributed by atoms with Crippen LogP contribution in [0.4, 0.5) is 0 Å². The Morgan fingerprint density at radius 2 is 1.96 bits per heavy atom. The number of Topliss-reactive ketones (excluding diaryl/α,β-unsaturated/α-hetero) is 1. The van der Waals surface area contributed by atoms with Crippen LogP contribution in [-0.2, 0) is 0 Å². The lowest BCUT2D eigenvalue weighted by atomic mass is 10.1. The first-order chi connectivity index (χ1) is 12.0. The van der Waals surface area contributed by atoms with E-state index < -0.39 is 0 Å². The number of carbonyl (C=O) groups excluding carboxylic acids is 1. The minimum atomic E-state index is -0.107. The van der Waals surface area contributed by atoms with Gasteiger partial charge in [-0.25, -0.2) is 0 Å². The molecule has 0 saturated heterocycles. The van der Waals surface area contributed by atoms with Gasteiger partial charge in [-0.05, 0) is 56.7 Å². The lowest BCUT2D eigenvalue weighted by molar-refractivity contribution is 0.101. The Morgan fingerprint density at radius 1 is 1.20 bits per heavy atom. The maximum absolute atomic E-state index is 12.6. The summed E-state index contributed by atoms with van der Waals surface area (Å²) < 4.78 is 12.6. The van der Waals surface area contributed by atoms with E-state index in [-0.39, 0.29) is 5.78 Å². The van der Waals surface area contributed by atoms with Crippen molar-refractivity contribution >= 4 is 27.8 Å². The highest BCUT2D eigenvalue weighted by molar-refractivity contribution is 9.10. The fourth-order valence-corrected chi connectivity index (χ4v) is 2.96. The molecule has 2 aromatic carbocycles. The first kappa shape index (κ1) is 17.5. The van der Waals surface area contributed by atoms with Gasteiger partial charge in [-0.3, -0.25) is 4.79 Å². The van der Waals surface area contributed by atoms with E-state index in [1.165, 1.54) is 5.57 Å². The molecule has 2 aromatic rings. The van der Waals surface area contributed by atoms with Crippen LogP contribution in [-0.4, -0.2) is 12.4 Å². The van der Waals surface area contributed by atoms with Crippen molar-refractivity contribution in [3.05, 3.63) is 75.0 Å². The summed E-state index contributed by atoms with van der Waals surface area (Å²) in [5.41, 5.74) is 3.51. The van der Waals surface area contributed by atoms with Crippen LogP contribution in [0.5, 0.6) is 11.5 Å². The van der Waals surface area contributed by atoms with Crippen LogP contribution in [0.25, 0.3) is 6.08 Å². The highest BCUT2D eigenvalue weighted by atomic mass is 79.9. The zero-order valence-corrected chi connectivity index (χ0v) is 16.0. The molecule has 0 spiro atoms. The normalized spacial score (nSPS) is 14.2. The summed E-state index contributed by atoms with van der Waals surface area (Å²) in [6.07, 6.45) is 3.77. The molecule has 0 bridgehead atoms. The third-order valence-corrected chi connectivity index (χ3v) is 4.68. The predicted octanol–water partition coefficient (Wildman–Crippen LogP) is 5.72. The maximum atomic E-state index is 12.6. The number of ketones is 1. The van der Waals surface area contributed by atoms with Gasteiger partial charge in [0.1, 0.15) is 18.1 Å². The molecule has 4 heteroatoms. The highest BCUT2D eigenvalue weighted by Crippen LogP contribution is 2.39. The molecule has 0 N–H and O–H groups in total. The summed E-state index contributed by atoms with van der Waals surface area (Å²) >= 11 is 3.49. The number of ether oxygens (including phenoxy) is 2. The molecule has 1 aliphatic heterocycles. The van der Waals surface area contributed by atoms with Crippen molar-refractivity contribution in [3.63, 3.8) is 0 Å². The number of rotatable bonds is 4. The summed E-state index contributed by atoms with van der Waals surface area (Å²) in [6, 6.07) is 11.3. The number of halogens is 1. The number of fused-ring (bicyclic) bond motifs is 1. The van der Waals surface area contributed by atoms with Gasteiger partial charge in [0.15, 0.2) is 5.76 Å². The second kappa shape index (κ2) is 7.28. The van der Waals surface area contributed by atoms with E-state index in [1.807, 2.05) is 57.2 Å². The average molecular weight is 399 g/mol. The van der Waals surface area contributed by atoms with E-state index in [0.29, 0.717) is 23.7 Å². The first-order valence-corrected chi connectivity index (χ1v) is 8.85. The Labute approximate surface area is 156 Å². The molecule has 0 aliphatic carbocycles.